The van der Waals surface area contributed by atoms with Crippen molar-refractivity contribution in [3.05, 3.63) is 72.9 Å². The molecule has 53 heavy (non-hydrogen) atoms. The van der Waals surface area contributed by atoms with Crippen LogP contribution in [0.1, 0.15) is 142 Å². The van der Waals surface area contributed by atoms with Crippen molar-refractivity contribution < 1.29 is 42.7 Å². The van der Waals surface area contributed by atoms with Crippen molar-refractivity contribution in [2.45, 2.75) is 154 Å². The summed E-state index contributed by atoms with van der Waals surface area (Å²) in [6.45, 7) is 3.56. The van der Waals surface area contributed by atoms with Crippen LogP contribution in [0.15, 0.2) is 72.9 Å². The van der Waals surface area contributed by atoms with Crippen LogP contribution in [0, 0.1) is 0 Å². The minimum Gasteiger partial charge on any atom is -0.480 e. The van der Waals surface area contributed by atoms with Gasteiger partial charge in [0.2, 0.25) is 0 Å². The molecule has 0 fully saturated rings. The molecule has 0 aromatic heterocycles. The van der Waals surface area contributed by atoms with Gasteiger partial charge in [0.15, 0.2) is 0 Å². The van der Waals surface area contributed by atoms with Crippen LogP contribution in [0.25, 0.3) is 0 Å². The summed E-state index contributed by atoms with van der Waals surface area (Å²) in [4.78, 5) is 33.5. The van der Waals surface area contributed by atoms with Crippen molar-refractivity contribution >= 4 is 19.8 Å². The summed E-state index contributed by atoms with van der Waals surface area (Å²) < 4.78 is 33.2. The van der Waals surface area contributed by atoms with Crippen molar-refractivity contribution in [2.75, 3.05) is 26.4 Å². The zero-order chi connectivity index (χ0) is 39.1. The lowest BCUT2D eigenvalue weighted by Gasteiger charge is -2.20. The van der Waals surface area contributed by atoms with Crippen LogP contribution >= 0.6 is 7.82 Å². The Hall–Kier alpha value is -2.59. The first-order valence-electron chi connectivity index (χ1n) is 20.0. The molecule has 11 heteroatoms. The van der Waals surface area contributed by atoms with Gasteiger partial charge in [-0.05, 0) is 77.0 Å². The fourth-order valence-corrected chi connectivity index (χ4v) is 5.70. The second-order valence-corrected chi connectivity index (χ2v) is 14.4. The van der Waals surface area contributed by atoms with E-state index in [4.69, 9.17) is 29.4 Å². The average molecular weight is 766 g/mol. The Morgan fingerprint density at radius 1 is 0.604 bits per heavy atom. The normalized spacial score (nSPS) is 14.8. The number of unbranched alkanes of at least 4 members (excludes halogenated alkanes) is 11. The number of phosphoric acid groups is 1. The van der Waals surface area contributed by atoms with E-state index in [1.54, 1.807) is 0 Å². The van der Waals surface area contributed by atoms with Crippen molar-refractivity contribution in [1.29, 1.82) is 0 Å². The molecule has 0 heterocycles. The summed E-state index contributed by atoms with van der Waals surface area (Å²) in [5.74, 6) is -1.81. The third kappa shape index (κ3) is 37.5. The Kier molecular flexibility index (Phi) is 35.9. The predicted octanol–water partition coefficient (Wildman–Crippen LogP) is 10.6. The largest absolute Gasteiger partial charge is 0.480 e. The fourth-order valence-electron chi connectivity index (χ4n) is 4.92. The first-order valence-corrected chi connectivity index (χ1v) is 21.5. The number of ether oxygens (including phenoxy) is 2. The number of aliphatic carboxylic acids is 1. The zero-order valence-electron chi connectivity index (χ0n) is 32.8. The van der Waals surface area contributed by atoms with Gasteiger partial charge in [-0.2, -0.15) is 0 Å². The molecule has 4 N–H and O–H groups in total. The van der Waals surface area contributed by atoms with E-state index in [1.165, 1.54) is 19.3 Å². The number of carboxylic acid groups (broad SMARTS) is 1. The van der Waals surface area contributed by atoms with E-state index in [1.807, 2.05) is 0 Å². The third-order valence-electron chi connectivity index (χ3n) is 7.98. The van der Waals surface area contributed by atoms with Crippen molar-refractivity contribution in [1.82, 2.24) is 0 Å². The Morgan fingerprint density at radius 2 is 1.04 bits per heavy atom. The number of esters is 1. The number of allylic oxidation sites excluding steroid dienone is 12. The third-order valence-corrected chi connectivity index (χ3v) is 8.93. The topological polar surface area (TPSA) is 155 Å². The SMILES string of the molecule is CC/C=C\C/C=C\C/C=C\CCCCCCCCCC(=O)OC(COCCCCCC/C=C\C/C=C\C/C=C\CC)COP(=O)(O)OCC(N)C(=O)O. The van der Waals surface area contributed by atoms with Crippen LogP contribution in [0.4, 0.5) is 0 Å². The standard InChI is InChI=1S/C42H72NO9P/c1-3-5-7-9-11-13-15-17-19-20-21-22-24-26-28-30-32-34-41(44)52-39(37-50-53(47,48)51-38-40(43)42(45)46)36-49-35-33-31-29-27-25-23-18-16-14-12-10-8-6-4-2/h5-8,11-14,17-19,23,39-40H,3-4,9-10,15-16,20-22,24-38,43H2,1-2H3,(H,45,46)(H,47,48)/b7-5-,8-6-,13-11-,14-12-,19-17-,23-18-. The predicted molar refractivity (Wildman–Crippen MR) is 217 cm³/mol. The number of carbonyl (C=O) groups excluding carboxylic acids is 1. The number of carbonyl (C=O) groups is 2. The highest BCUT2D eigenvalue weighted by Gasteiger charge is 2.27. The number of phosphoric ester groups is 1. The molecular formula is C42H72NO9P. The van der Waals surface area contributed by atoms with Crippen LogP contribution < -0.4 is 5.73 Å². The molecule has 0 radical (unpaired) electrons. The fraction of sp³-hybridized carbons (Fsp3) is 0.667. The van der Waals surface area contributed by atoms with Crippen LogP contribution in [0.3, 0.4) is 0 Å². The highest BCUT2D eigenvalue weighted by molar-refractivity contribution is 7.47. The van der Waals surface area contributed by atoms with Gasteiger partial charge in [0, 0.05) is 13.0 Å². The lowest BCUT2D eigenvalue weighted by Crippen LogP contribution is -2.34. The van der Waals surface area contributed by atoms with Crippen LogP contribution in [0.5, 0.6) is 0 Å². The lowest BCUT2D eigenvalue weighted by molar-refractivity contribution is -0.154. The molecule has 0 aliphatic heterocycles. The minimum atomic E-state index is -4.63. The van der Waals surface area contributed by atoms with Gasteiger partial charge in [-0.3, -0.25) is 18.6 Å². The number of hydrogen-bond acceptors (Lipinski definition) is 8. The number of hydrogen-bond donors (Lipinski definition) is 3. The summed E-state index contributed by atoms with van der Waals surface area (Å²) >= 11 is 0. The Morgan fingerprint density at radius 3 is 1.55 bits per heavy atom. The first kappa shape index (κ1) is 50.4. The summed E-state index contributed by atoms with van der Waals surface area (Å²) in [6, 6.07) is -1.48. The summed E-state index contributed by atoms with van der Waals surface area (Å²) in [5, 5.41) is 8.88. The van der Waals surface area contributed by atoms with Gasteiger partial charge in [0.25, 0.3) is 0 Å². The molecule has 3 atom stereocenters. The average Bonchev–Trinajstić information content (AvgIpc) is 3.13. The second-order valence-electron chi connectivity index (χ2n) is 13.0. The smallest absolute Gasteiger partial charge is 0.472 e. The zero-order valence-corrected chi connectivity index (χ0v) is 33.7. The Bertz CT molecular complexity index is 1120. The van der Waals surface area contributed by atoms with Gasteiger partial charge >= 0.3 is 19.8 Å². The molecule has 10 nitrogen and oxygen atoms in total. The van der Waals surface area contributed by atoms with E-state index in [-0.39, 0.29) is 13.0 Å². The van der Waals surface area contributed by atoms with E-state index in [0.29, 0.717) is 13.0 Å². The van der Waals surface area contributed by atoms with E-state index in [9.17, 15) is 19.0 Å². The number of carboxylic acids is 1. The van der Waals surface area contributed by atoms with E-state index >= 15 is 0 Å². The Balaban J connectivity index is 4.34. The van der Waals surface area contributed by atoms with E-state index < -0.39 is 45.1 Å². The molecule has 0 aromatic carbocycles. The lowest BCUT2D eigenvalue weighted by atomic mass is 10.1. The van der Waals surface area contributed by atoms with Gasteiger partial charge in [0.1, 0.15) is 12.1 Å². The van der Waals surface area contributed by atoms with Gasteiger partial charge in [-0.15, -0.1) is 0 Å². The second kappa shape index (κ2) is 37.7. The van der Waals surface area contributed by atoms with Gasteiger partial charge in [0.05, 0.1) is 19.8 Å². The molecule has 0 amide bonds. The van der Waals surface area contributed by atoms with Gasteiger partial charge in [-0.25, -0.2) is 4.57 Å². The molecule has 0 aromatic rings. The molecule has 0 bridgehead atoms. The molecule has 0 saturated carbocycles. The van der Waals surface area contributed by atoms with Crippen LogP contribution in [-0.4, -0.2) is 60.5 Å². The molecule has 0 aliphatic carbocycles. The monoisotopic (exact) mass is 765 g/mol. The van der Waals surface area contributed by atoms with Crippen LogP contribution in [-0.2, 0) is 32.7 Å². The maximum atomic E-state index is 12.6. The molecular weight excluding hydrogens is 693 g/mol. The summed E-state index contributed by atoms with van der Waals surface area (Å²) in [6.07, 6.45) is 45.2. The Labute approximate surface area is 321 Å². The molecule has 0 rings (SSSR count). The molecule has 304 valence electrons. The highest BCUT2D eigenvalue weighted by atomic mass is 31.2. The van der Waals surface area contributed by atoms with Gasteiger partial charge < -0.3 is 25.2 Å². The maximum absolute atomic E-state index is 12.6. The summed E-state index contributed by atoms with van der Waals surface area (Å²) in [5.41, 5.74) is 5.34. The number of rotatable bonds is 37. The minimum absolute atomic E-state index is 0.00654. The quantitative estimate of drug-likeness (QED) is 0.0241. The first-order chi connectivity index (χ1) is 25.7. The summed E-state index contributed by atoms with van der Waals surface area (Å²) in [7, 11) is -4.63. The highest BCUT2D eigenvalue weighted by Crippen LogP contribution is 2.43. The maximum Gasteiger partial charge on any atom is 0.472 e. The van der Waals surface area contributed by atoms with Crippen LogP contribution in [0.2, 0.25) is 0 Å². The number of nitrogens with two attached hydrogens (primary N) is 1. The van der Waals surface area contributed by atoms with Crippen molar-refractivity contribution in [2.24, 2.45) is 5.73 Å². The van der Waals surface area contributed by atoms with Crippen molar-refractivity contribution in [3.8, 4) is 0 Å². The molecule has 0 aliphatic rings. The van der Waals surface area contributed by atoms with Crippen molar-refractivity contribution in [3.63, 3.8) is 0 Å². The molecule has 0 saturated heterocycles. The van der Waals surface area contributed by atoms with E-state index in [2.05, 4.69) is 86.8 Å². The molecule has 3 unspecified atom stereocenters. The van der Waals surface area contributed by atoms with Gasteiger partial charge in [-0.1, -0.05) is 132 Å². The van der Waals surface area contributed by atoms with E-state index in [0.717, 1.165) is 96.3 Å². The molecule has 0 spiro atoms.